The van der Waals surface area contributed by atoms with Crippen LogP contribution < -0.4 is 5.32 Å². The van der Waals surface area contributed by atoms with Crippen LogP contribution in [0.4, 0.5) is 4.79 Å². The van der Waals surface area contributed by atoms with Gasteiger partial charge in [-0.3, -0.25) is 4.57 Å². The van der Waals surface area contributed by atoms with E-state index in [-0.39, 0.29) is 0 Å². The second kappa shape index (κ2) is 9.21. The number of hydrogen-bond donors (Lipinski definition) is 1. The molecule has 1 amide bonds. The summed E-state index contributed by atoms with van der Waals surface area (Å²) in [5.41, 5.74) is 2.17. The predicted octanol–water partition coefficient (Wildman–Crippen LogP) is 5.19. The third-order valence-electron chi connectivity index (χ3n) is 5.28. The molecular weight excluding hydrogens is 438 g/mol. The van der Waals surface area contributed by atoms with Crippen LogP contribution in [-0.2, 0) is 28.9 Å². The molecule has 1 aromatic carbocycles. The first-order valence-corrected chi connectivity index (χ1v) is 12.2. The maximum absolute atomic E-state index is 12.2. The van der Waals surface area contributed by atoms with Crippen molar-refractivity contribution in [3.8, 4) is 5.69 Å². The van der Waals surface area contributed by atoms with E-state index >= 15 is 0 Å². The van der Waals surface area contributed by atoms with Gasteiger partial charge in [0.1, 0.15) is 11.1 Å². The number of nitrogens with one attached hydrogen (secondary N) is 1. The molecule has 33 heavy (non-hydrogen) atoms. The summed E-state index contributed by atoms with van der Waals surface area (Å²) < 4.78 is 13.1. The summed E-state index contributed by atoms with van der Waals surface area (Å²) >= 11 is 1.58. The van der Waals surface area contributed by atoms with E-state index in [1.54, 1.807) is 11.8 Å². The van der Waals surface area contributed by atoms with Crippen molar-refractivity contribution >= 4 is 17.9 Å². The van der Waals surface area contributed by atoms with E-state index in [4.69, 9.17) is 14.2 Å². The number of ether oxygens (including phenoxy) is 1. The van der Waals surface area contributed by atoms with E-state index in [1.165, 1.54) is 24.2 Å². The van der Waals surface area contributed by atoms with Crippen molar-refractivity contribution in [2.45, 2.75) is 82.4 Å². The summed E-state index contributed by atoms with van der Waals surface area (Å²) in [7, 11) is 0. The van der Waals surface area contributed by atoms with E-state index in [0.717, 1.165) is 23.7 Å². The van der Waals surface area contributed by atoms with Crippen LogP contribution in [0.15, 0.2) is 40.0 Å². The van der Waals surface area contributed by atoms with E-state index in [1.807, 2.05) is 52.8 Å². The average molecular weight is 470 g/mol. The molecule has 0 radical (unpaired) electrons. The molecule has 2 heterocycles. The number of hydrogen-bond acceptors (Lipinski definition) is 7. The molecule has 1 aliphatic rings. The molecule has 9 heteroatoms. The van der Waals surface area contributed by atoms with E-state index < -0.39 is 17.2 Å². The fourth-order valence-corrected chi connectivity index (χ4v) is 4.65. The van der Waals surface area contributed by atoms with Crippen LogP contribution in [-0.4, -0.2) is 31.4 Å². The molecule has 0 bridgehead atoms. The number of carbonyl (C=O) groups excluding carboxylic acids is 1. The highest BCUT2D eigenvalue weighted by molar-refractivity contribution is 7.98. The summed E-state index contributed by atoms with van der Waals surface area (Å²) in [6, 6.07) is 10.3. The first-order valence-electron chi connectivity index (χ1n) is 11.3. The van der Waals surface area contributed by atoms with Gasteiger partial charge in [0.05, 0.1) is 11.4 Å². The number of rotatable bonds is 6. The third-order valence-corrected chi connectivity index (χ3v) is 6.21. The zero-order valence-corrected chi connectivity index (χ0v) is 20.7. The van der Waals surface area contributed by atoms with E-state index in [9.17, 15) is 4.79 Å². The summed E-state index contributed by atoms with van der Waals surface area (Å²) in [6.07, 6.45) is 3.88. The molecule has 8 nitrogen and oxygen atoms in total. The molecule has 0 fully saturated rings. The highest BCUT2D eigenvalue weighted by atomic mass is 32.2. The minimum atomic E-state index is -0.837. The Morgan fingerprint density at radius 1 is 1.12 bits per heavy atom. The number of carbonyl (C=O) groups is 1. The molecule has 0 saturated carbocycles. The van der Waals surface area contributed by atoms with Gasteiger partial charge in [0.15, 0.2) is 11.0 Å². The number of benzene rings is 1. The molecule has 4 rings (SSSR count). The van der Waals surface area contributed by atoms with Gasteiger partial charge >= 0.3 is 6.09 Å². The molecule has 3 aromatic rings. The number of nitrogens with zero attached hydrogens (tertiary/aromatic N) is 4. The van der Waals surface area contributed by atoms with Gasteiger partial charge in [0, 0.05) is 11.4 Å². The zero-order chi connectivity index (χ0) is 23.6. The molecule has 0 atom stereocenters. The van der Waals surface area contributed by atoms with Crippen molar-refractivity contribution < 1.29 is 14.1 Å². The topological polar surface area (TPSA) is 95.1 Å². The molecule has 0 aliphatic heterocycles. The van der Waals surface area contributed by atoms with Gasteiger partial charge in [-0.05, 0) is 72.4 Å². The van der Waals surface area contributed by atoms with Crippen LogP contribution in [0.5, 0.6) is 0 Å². The monoisotopic (exact) mass is 469 g/mol. The third kappa shape index (κ3) is 5.58. The van der Waals surface area contributed by atoms with Crippen molar-refractivity contribution in [1.29, 1.82) is 0 Å². The van der Waals surface area contributed by atoms with Crippen molar-refractivity contribution in [3.05, 3.63) is 53.4 Å². The normalized spacial score (nSPS) is 14.1. The highest BCUT2D eigenvalue weighted by Gasteiger charge is 2.31. The number of alkyl carbamates (subject to hydrolysis) is 1. The van der Waals surface area contributed by atoms with Gasteiger partial charge in [-0.1, -0.05) is 35.1 Å². The summed E-state index contributed by atoms with van der Waals surface area (Å²) in [5.74, 6) is 1.36. The van der Waals surface area contributed by atoms with Gasteiger partial charge in [0.25, 0.3) is 0 Å². The molecule has 0 unspecified atom stereocenters. The molecule has 0 spiro atoms. The summed E-state index contributed by atoms with van der Waals surface area (Å²) in [5, 5.41) is 7.84. The molecular formula is C24H31N5O3S. The van der Waals surface area contributed by atoms with Crippen molar-refractivity contribution in [1.82, 2.24) is 25.0 Å². The Hall–Kier alpha value is -2.81. The fraction of sp³-hybridized carbons (Fsp3) is 0.500. The molecule has 2 aromatic heterocycles. The molecule has 0 saturated heterocycles. The maximum atomic E-state index is 12.2. The number of para-hydroxylation sites is 1. The lowest BCUT2D eigenvalue weighted by Gasteiger charge is -2.26. The summed E-state index contributed by atoms with van der Waals surface area (Å²) in [4.78, 5) is 21.7. The molecule has 1 N–H and O–H groups in total. The highest BCUT2D eigenvalue weighted by Crippen LogP contribution is 2.32. The minimum Gasteiger partial charge on any atom is -0.444 e. The van der Waals surface area contributed by atoms with Gasteiger partial charge < -0.3 is 14.6 Å². The van der Waals surface area contributed by atoms with Crippen LogP contribution in [0.1, 0.15) is 70.6 Å². The fourth-order valence-electron chi connectivity index (χ4n) is 3.76. The lowest BCUT2D eigenvalue weighted by atomic mass is 10.0. The number of aryl methyl sites for hydroxylation is 1. The predicted molar refractivity (Wildman–Crippen MR) is 126 cm³/mol. The van der Waals surface area contributed by atoms with Gasteiger partial charge in [0.2, 0.25) is 5.89 Å². The Kier molecular flexibility index (Phi) is 6.52. The minimum absolute atomic E-state index is 0.398. The second-order valence-electron chi connectivity index (χ2n) is 9.72. The van der Waals surface area contributed by atoms with Gasteiger partial charge in [-0.15, -0.1) is 0 Å². The standard InChI is InChI=1S/C24H31N5O3S/c1-23(2,3)31-22(30)27-24(4,5)20-26-19(32-28-20)15-33-21-25-17-13-9-10-14-18(17)29(21)16-11-7-6-8-12-16/h6-8,11-12H,9-10,13-15H2,1-5H3,(H,27,30). The number of fused-ring (bicyclic) bond motifs is 1. The largest absolute Gasteiger partial charge is 0.444 e. The molecule has 1 aliphatic carbocycles. The van der Waals surface area contributed by atoms with Crippen LogP contribution in [0.25, 0.3) is 5.69 Å². The van der Waals surface area contributed by atoms with Gasteiger partial charge in [-0.25, -0.2) is 9.78 Å². The lowest BCUT2D eigenvalue weighted by Crippen LogP contribution is -2.44. The lowest BCUT2D eigenvalue weighted by molar-refractivity contribution is 0.0465. The Bertz CT molecular complexity index is 1120. The van der Waals surface area contributed by atoms with Crippen LogP contribution in [0.3, 0.4) is 0 Å². The van der Waals surface area contributed by atoms with E-state index in [2.05, 4.69) is 32.2 Å². The van der Waals surface area contributed by atoms with Gasteiger partial charge in [-0.2, -0.15) is 4.98 Å². The first-order chi connectivity index (χ1) is 15.6. The zero-order valence-electron chi connectivity index (χ0n) is 19.8. The van der Waals surface area contributed by atoms with Crippen LogP contribution >= 0.6 is 11.8 Å². The summed E-state index contributed by atoms with van der Waals surface area (Å²) in [6.45, 7) is 9.09. The van der Waals surface area contributed by atoms with E-state index in [0.29, 0.717) is 17.5 Å². The number of aromatic nitrogens is 4. The Morgan fingerprint density at radius 3 is 2.58 bits per heavy atom. The Balaban J connectivity index is 1.49. The van der Waals surface area contributed by atoms with Crippen molar-refractivity contribution in [3.63, 3.8) is 0 Å². The van der Waals surface area contributed by atoms with Crippen molar-refractivity contribution in [2.24, 2.45) is 0 Å². The number of amides is 1. The van der Waals surface area contributed by atoms with Crippen LogP contribution in [0.2, 0.25) is 0 Å². The number of thioether (sulfide) groups is 1. The second-order valence-corrected chi connectivity index (χ2v) is 10.7. The SMILES string of the molecule is CC(C)(C)OC(=O)NC(C)(C)c1noc(CSc2nc3c(n2-c2ccccc2)CCCC3)n1. The number of imidazole rings is 1. The average Bonchev–Trinajstić information content (AvgIpc) is 3.36. The van der Waals surface area contributed by atoms with Crippen LogP contribution in [0, 0.1) is 0 Å². The quantitative estimate of drug-likeness (QED) is 0.497. The Morgan fingerprint density at radius 2 is 1.85 bits per heavy atom. The Labute approximate surface area is 198 Å². The smallest absolute Gasteiger partial charge is 0.408 e. The van der Waals surface area contributed by atoms with Crippen molar-refractivity contribution in [2.75, 3.05) is 0 Å². The first kappa shape index (κ1) is 23.4. The molecule has 176 valence electrons. The maximum Gasteiger partial charge on any atom is 0.408 e.